The molecule has 0 unspecified atom stereocenters. The van der Waals surface area contributed by atoms with Crippen LogP contribution in [0.5, 0.6) is 0 Å². The van der Waals surface area contributed by atoms with E-state index in [1.165, 1.54) is 17.8 Å². The van der Waals surface area contributed by atoms with E-state index < -0.39 is 17.6 Å². The lowest BCUT2D eigenvalue weighted by molar-refractivity contribution is -0.138. The van der Waals surface area contributed by atoms with Gasteiger partial charge >= 0.3 is 6.18 Å². The Morgan fingerprint density at radius 3 is 2.49 bits per heavy atom. The number of anilines is 2. The van der Waals surface area contributed by atoms with Crippen LogP contribution in [0.2, 0.25) is 0 Å². The highest BCUT2D eigenvalue weighted by atomic mass is 19.4. The molecule has 41 heavy (non-hydrogen) atoms. The van der Waals surface area contributed by atoms with E-state index in [-0.39, 0.29) is 22.9 Å². The monoisotopic (exact) mass is 567 g/mol. The fraction of sp³-hybridized carbons (Fsp3) is 0.393. The molecule has 4 heterocycles. The number of pyridine rings is 1. The lowest BCUT2D eigenvalue weighted by Gasteiger charge is -2.26. The van der Waals surface area contributed by atoms with Crippen molar-refractivity contribution in [2.75, 3.05) is 37.4 Å². The van der Waals surface area contributed by atoms with E-state index in [9.17, 15) is 18.0 Å². The van der Waals surface area contributed by atoms with Crippen molar-refractivity contribution in [2.24, 2.45) is 7.05 Å². The van der Waals surface area contributed by atoms with Crippen molar-refractivity contribution in [1.82, 2.24) is 34.7 Å². The standard InChI is InChI=1S/C28H32F3N9O/c1-16-23(28(29,30)31)10-20(11-25(16)39-8-7-21(14-39)37(4)5)34-27(41)19-9-26(17(2)32-12-19)40-15-24(35-36-40)22-13-33-38(6)18(22)3/h9-13,15,21H,7-8,14H2,1-6H3,(H,34,41)/t21-/m1/s1. The number of carbonyl (C=O) groups excluding carboxylic acids is 1. The zero-order valence-electron chi connectivity index (χ0n) is 23.8. The average Bonchev–Trinajstić information content (AvgIpc) is 3.66. The summed E-state index contributed by atoms with van der Waals surface area (Å²) in [6.45, 7) is 6.40. The Bertz CT molecular complexity index is 1610. The Labute approximate surface area is 235 Å². The van der Waals surface area contributed by atoms with Crippen LogP contribution < -0.4 is 10.2 Å². The summed E-state index contributed by atoms with van der Waals surface area (Å²) in [4.78, 5) is 21.7. The first-order chi connectivity index (χ1) is 19.3. The van der Waals surface area contributed by atoms with Crippen molar-refractivity contribution in [2.45, 2.75) is 39.4 Å². The van der Waals surface area contributed by atoms with Crippen LogP contribution in [-0.4, -0.2) is 73.8 Å². The Morgan fingerprint density at radius 1 is 1.10 bits per heavy atom. The van der Waals surface area contributed by atoms with E-state index in [2.05, 4.69) is 30.6 Å². The first-order valence-corrected chi connectivity index (χ1v) is 13.2. The van der Waals surface area contributed by atoms with Crippen molar-refractivity contribution >= 4 is 17.3 Å². The van der Waals surface area contributed by atoms with Crippen LogP contribution in [0, 0.1) is 20.8 Å². The molecule has 1 aliphatic heterocycles. The number of halogens is 3. The Balaban J connectivity index is 1.44. The minimum atomic E-state index is -4.57. The number of aromatic nitrogens is 6. The molecule has 3 aromatic heterocycles. The fourth-order valence-electron chi connectivity index (χ4n) is 5.11. The van der Waals surface area contributed by atoms with Crippen LogP contribution in [-0.2, 0) is 13.2 Å². The number of nitrogens with zero attached hydrogens (tertiary/aromatic N) is 8. The minimum Gasteiger partial charge on any atom is -0.370 e. The van der Waals surface area contributed by atoms with Gasteiger partial charge in [-0.2, -0.15) is 18.3 Å². The van der Waals surface area contributed by atoms with Gasteiger partial charge in [-0.25, -0.2) is 4.68 Å². The second-order valence-electron chi connectivity index (χ2n) is 10.6. The van der Waals surface area contributed by atoms with Gasteiger partial charge in [-0.15, -0.1) is 5.10 Å². The van der Waals surface area contributed by atoms with Crippen molar-refractivity contribution in [3.63, 3.8) is 0 Å². The first kappa shape index (κ1) is 28.3. The quantitative estimate of drug-likeness (QED) is 0.369. The van der Waals surface area contributed by atoms with E-state index in [0.29, 0.717) is 35.9 Å². The highest BCUT2D eigenvalue weighted by Gasteiger charge is 2.36. The maximum atomic E-state index is 14.0. The number of carbonyl (C=O) groups is 1. The Morgan fingerprint density at radius 2 is 1.85 bits per heavy atom. The maximum Gasteiger partial charge on any atom is 0.416 e. The third-order valence-electron chi connectivity index (χ3n) is 7.75. The van der Waals surface area contributed by atoms with E-state index in [1.807, 2.05) is 33.0 Å². The number of likely N-dealkylation sites (N-methyl/N-ethyl adjacent to an activating group) is 1. The normalized spacial score (nSPS) is 15.7. The minimum absolute atomic E-state index is 0.0634. The second-order valence-corrected chi connectivity index (χ2v) is 10.6. The molecule has 0 bridgehead atoms. The van der Waals surface area contributed by atoms with Crippen molar-refractivity contribution in [1.29, 1.82) is 0 Å². The zero-order valence-corrected chi connectivity index (χ0v) is 23.8. The third-order valence-corrected chi connectivity index (χ3v) is 7.75. The van der Waals surface area contributed by atoms with E-state index in [1.54, 1.807) is 36.1 Å². The van der Waals surface area contributed by atoms with Gasteiger partial charge < -0.3 is 15.1 Å². The van der Waals surface area contributed by atoms with Crippen LogP contribution in [0.4, 0.5) is 24.5 Å². The lowest BCUT2D eigenvalue weighted by atomic mass is 10.0. The van der Waals surface area contributed by atoms with Gasteiger partial charge in [-0.05, 0) is 65.0 Å². The van der Waals surface area contributed by atoms with Crippen LogP contribution in [0.15, 0.2) is 36.8 Å². The summed E-state index contributed by atoms with van der Waals surface area (Å²) in [7, 11) is 5.76. The number of nitrogens with one attached hydrogen (secondary N) is 1. The van der Waals surface area contributed by atoms with Gasteiger partial charge in [0.15, 0.2) is 0 Å². The summed E-state index contributed by atoms with van der Waals surface area (Å²) in [5.41, 5.74) is 3.52. The Hall–Kier alpha value is -4.26. The largest absolute Gasteiger partial charge is 0.416 e. The molecule has 0 aliphatic carbocycles. The molecule has 1 aromatic carbocycles. The number of benzene rings is 1. The van der Waals surface area contributed by atoms with Gasteiger partial charge in [0, 0.05) is 55.0 Å². The molecule has 1 atom stereocenters. The molecule has 10 nitrogen and oxygen atoms in total. The Kier molecular flexibility index (Phi) is 7.32. The van der Waals surface area contributed by atoms with Crippen LogP contribution in [0.3, 0.4) is 0 Å². The summed E-state index contributed by atoms with van der Waals surface area (Å²) in [5.74, 6) is -0.585. The van der Waals surface area contributed by atoms with Crippen LogP contribution in [0.1, 0.15) is 39.3 Å². The SMILES string of the molecule is Cc1ncc(C(=O)Nc2cc(N3CC[C@@H](N(C)C)C3)c(C)c(C(F)(F)F)c2)cc1-n1cc(-c2cnn(C)c2C)nn1. The number of alkyl halides is 3. The maximum absolute atomic E-state index is 14.0. The summed E-state index contributed by atoms with van der Waals surface area (Å²) in [6.07, 6.45) is 1.07. The molecule has 13 heteroatoms. The van der Waals surface area contributed by atoms with Gasteiger partial charge in [0.1, 0.15) is 5.69 Å². The van der Waals surface area contributed by atoms with Gasteiger partial charge in [-0.3, -0.25) is 14.5 Å². The molecule has 1 fully saturated rings. The predicted octanol–water partition coefficient (Wildman–Crippen LogP) is 4.40. The van der Waals surface area contributed by atoms with Crippen LogP contribution in [0.25, 0.3) is 16.9 Å². The molecular formula is C28H32F3N9O. The topological polar surface area (TPSA) is 97.0 Å². The molecule has 1 amide bonds. The number of hydrogen-bond donors (Lipinski definition) is 1. The summed E-state index contributed by atoms with van der Waals surface area (Å²) in [6, 6.07) is 4.42. The highest BCUT2D eigenvalue weighted by molar-refractivity contribution is 6.04. The molecule has 216 valence electrons. The van der Waals surface area contributed by atoms with Gasteiger partial charge in [0.2, 0.25) is 0 Å². The molecule has 0 spiro atoms. The van der Waals surface area contributed by atoms with Gasteiger partial charge in [0.05, 0.1) is 34.9 Å². The molecule has 5 rings (SSSR count). The van der Waals surface area contributed by atoms with Crippen molar-refractivity contribution in [3.8, 4) is 16.9 Å². The van der Waals surface area contributed by atoms with Crippen molar-refractivity contribution < 1.29 is 18.0 Å². The molecule has 1 N–H and O–H groups in total. The summed E-state index contributed by atoms with van der Waals surface area (Å²) in [5, 5.41) is 15.3. The van der Waals surface area contributed by atoms with E-state index in [0.717, 1.165) is 23.7 Å². The third kappa shape index (κ3) is 5.53. The number of rotatable bonds is 6. The van der Waals surface area contributed by atoms with Gasteiger partial charge in [-0.1, -0.05) is 5.21 Å². The molecule has 0 saturated carbocycles. The van der Waals surface area contributed by atoms with E-state index in [4.69, 9.17) is 0 Å². The first-order valence-electron chi connectivity index (χ1n) is 13.2. The number of amides is 1. The zero-order chi connectivity index (χ0) is 29.6. The van der Waals surface area contributed by atoms with Gasteiger partial charge in [0.25, 0.3) is 5.91 Å². The summed E-state index contributed by atoms with van der Waals surface area (Å²) >= 11 is 0. The molecular weight excluding hydrogens is 535 g/mol. The number of aryl methyl sites for hydroxylation is 2. The average molecular weight is 568 g/mol. The molecule has 1 saturated heterocycles. The van der Waals surface area contributed by atoms with Crippen molar-refractivity contribution in [3.05, 3.63) is 64.9 Å². The highest BCUT2D eigenvalue weighted by Crippen LogP contribution is 2.39. The fourth-order valence-corrected chi connectivity index (χ4v) is 5.11. The smallest absolute Gasteiger partial charge is 0.370 e. The predicted molar refractivity (Wildman–Crippen MR) is 149 cm³/mol. The summed E-state index contributed by atoms with van der Waals surface area (Å²) < 4.78 is 45.3. The number of hydrogen-bond acceptors (Lipinski definition) is 7. The van der Waals surface area contributed by atoms with Crippen LogP contribution >= 0.6 is 0 Å². The second kappa shape index (κ2) is 10.6. The lowest BCUT2D eigenvalue weighted by Crippen LogP contribution is -2.32. The molecule has 1 aliphatic rings. The molecule has 0 radical (unpaired) electrons. The van der Waals surface area contributed by atoms with E-state index >= 15 is 0 Å². The molecule has 4 aromatic rings.